The highest BCUT2D eigenvalue weighted by Crippen LogP contribution is 2.43. The van der Waals surface area contributed by atoms with E-state index in [4.69, 9.17) is 4.74 Å². The molecule has 7 heteroatoms. The van der Waals surface area contributed by atoms with Gasteiger partial charge >= 0.3 is 0 Å². The summed E-state index contributed by atoms with van der Waals surface area (Å²) in [5.74, 6) is -1.05. The van der Waals surface area contributed by atoms with E-state index in [0.717, 1.165) is 18.4 Å². The van der Waals surface area contributed by atoms with E-state index in [1.54, 1.807) is 30.6 Å². The van der Waals surface area contributed by atoms with Gasteiger partial charge in [-0.25, -0.2) is 4.39 Å². The zero-order valence-corrected chi connectivity index (χ0v) is 17.0. The fourth-order valence-electron chi connectivity index (χ4n) is 4.58. The maximum Gasteiger partial charge on any atom is 0.259 e. The molecule has 1 aromatic heterocycles. The average Bonchev–Trinajstić information content (AvgIpc) is 3.10. The van der Waals surface area contributed by atoms with Crippen LogP contribution in [-0.2, 0) is 16.1 Å². The molecule has 30 heavy (non-hydrogen) atoms. The molecule has 1 saturated carbocycles. The average molecular weight is 411 g/mol. The molecule has 1 spiro atoms. The lowest BCUT2D eigenvalue weighted by Gasteiger charge is -2.43. The Bertz CT molecular complexity index is 923. The van der Waals surface area contributed by atoms with E-state index in [0.29, 0.717) is 25.3 Å². The second-order valence-electron chi connectivity index (χ2n) is 8.21. The standard InChI is InChI=1S/C23H26FN3O3/c1-16-6-4-10-23(12-16)27(22(29)18-8-2-3-9-19(18)24)20(15-30-23)21(28)26-14-17-7-5-11-25-13-17/h2-3,5,7-9,11,13,16,20H,4,6,10,12,14-15H2,1H3,(H,26,28)/t16-,20+,23-/m1/s1. The Kier molecular flexibility index (Phi) is 5.81. The molecule has 0 unspecified atom stereocenters. The third kappa shape index (κ3) is 3.94. The number of nitrogens with zero attached hydrogens (tertiary/aromatic N) is 2. The number of nitrogens with one attached hydrogen (secondary N) is 1. The van der Waals surface area contributed by atoms with Crippen LogP contribution >= 0.6 is 0 Å². The van der Waals surface area contributed by atoms with Crippen LogP contribution in [0.1, 0.15) is 48.5 Å². The first-order valence-corrected chi connectivity index (χ1v) is 10.4. The summed E-state index contributed by atoms with van der Waals surface area (Å²) in [6, 6.07) is 8.75. The molecule has 1 N–H and O–H groups in total. The lowest BCUT2D eigenvalue weighted by atomic mass is 9.83. The summed E-state index contributed by atoms with van der Waals surface area (Å²) in [4.78, 5) is 32.1. The van der Waals surface area contributed by atoms with Crippen molar-refractivity contribution in [3.05, 3.63) is 65.7 Å². The number of ether oxygens (including phenoxy) is 1. The number of aromatic nitrogens is 1. The minimum atomic E-state index is -0.868. The lowest BCUT2D eigenvalue weighted by Crippen LogP contribution is -2.57. The van der Waals surface area contributed by atoms with Crippen LogP contribution in [0.3, 0.4) is 0 Å². The summed E-state index contributed by atoms with van der Waals surface area (Å²) >= 11 is 0. The topological polar surface area (TPSA) is 71.5 Å². The van der Waals surface area contributed by atoms with Crippen molar-refractivity contribution < 1.29 is 18.7 Å². The highest BCUT2D eigenvalue weighted by atomic mass is 19.1. The van der Waals surface area contributed by atoms with Crippen molar-refractivity contribution in [2.45, 2.75) is 50.9 Å². The fraction of sp³-hybridized carbons (Fsp3) is 0.435. The van der Waals surface area contributed by atoms with Crippen LogP contribution in [-0.4, -0.2) is 40.1 Å². The normalized spacial score (nSPS) is 26.0. The van der Waals surface area contributed by atoms with Gasteiger partial charge in [0.2, 0.25) is 5.91 Å². The van der Waals surface area contributed by atoms with E-state index in [9.17, 15) is 14.0 Å². The molecule has 2 amide bonds. The van der Waals surface area contributed by atoms with Gasteiger partial charge in [0, 0.05) is 18.9 Å². The van der Waals surface area contributed by atoms with Crippen LogP contribution in [0, 0.1) is 11.7 Å². The van der Waals surface area contributed by atoms with Crippen molar-refractivity contribution >= 4 is 11.8 Å². The molecule has 158 valence electrons. The molecule has 1 aliphatic heterocycles. The SMILES string of the molecule is C[C@@H]1CCC[C@]2(C1)OC[C@@H](C(=O)NCc1cccnc1)N2C(=O)c1ccccc1F. The maximum absolute atomic E-state index is 14.4. The predicted molar refractivity (Wildman–Crippen MR) is 109 cm³/mol. The summed E-state index contributed by atoms with van der Waals surface area (Å²) in [6.07, 6.45) is 6.57. The lowest BCUT2D eigenvalue weighted by molar-refractivity contribution is -0.128. The Labute approximate surface area is 175 Å². The molecule has 2 aliphatic rings. The van der Waals surface area contributed by atoms with Gasteiger partial charge in [0.1, 0.15) is 17.6 Å². The Hall–Kier alpha value is -2.80. The van der Waals surface area contributed by atoms with Crippen LogP contribution in [0.15, 0.2) is 48.8 Å². The van der Waals surface area contributed by atoms with Gasteiger partial charge in [-0.1, -0.05) is 31.5 Å². The quantitative estimate of drug-likeness (QED) is 0.838. The molecule has 2 aromatic rings. The zero-order valence-electron chi connectivity index (χ0n) is 17.0. The van der Waals surface area contributed by atoms with Gasteiger partial charge < -0.3 is 10.1 Å². The molecule has 1 aromatic carbocycles. The van der Waals surface area contributed by atoms with Crippen LogP contribution in [0.2, 0.25) is 0 Å². The number of amides is 2. The summed E-state index contributed by atoms with van der Waals surface area (Å²) in [5, 5.41) is 2.88. The molecule has 1 aliphatic carbocycles. The van der Waals surface area contributed by atoms with Crippen molar-refractivity contribution in [1.82, 2.24) is 15.2 Å². The Morgan fingerprint density at radius 3 is 2.87 bits per heavy atom. The first-order valence-electron chi connectivity index (χ1n) is 10.4. The third-order valence-electron chi connectivity index (χ3n) is 6.01. The molecule has 6 nitrogen and oxygen atoms in total. The van der Waals surface area contributed by atoms with Gasteiger partial charge in [-0.2, -0.15) is 0 Å². The van der Waals surface area contributed by atoms with Gasteiger partial charge in [0.25, 0.3) is 5.91 Å². The maximum atomic E-state index is 14.4. The first kappa shape index (κ1) is 20.5. The Morgan fingerprint density at radius 1 is 1.30 bits per heavy atom. The van der Waals surface area contributed by atoms with E-state index in [1.165, 1.54) is 17.0 Å². The van der Waals surface area contributed by atoms with Crippen LogP contribution in [0.4, 0.5) is 4.39 Å². The number of carbonyl (C=O) groups is 2. The molecular weight excluding hydrogens is 385 g/mol. The molecule has 0 bridgehead atoms. The Morgan fingerprint density at radius 2 is 2.13 bits per heavy atom. The van der Waals surface area contributed by atoms with Crippen LogP contribution < -0.4 is 5.32 Å². The number of carbonyl (C=O) groups excluding carboxylic acids is 2. The molecule has 1 saturated heterocycles. The van der Waals surface area contributed by atoms with Crippen LogP contribution in [0.25, 0.3) is 0 Å². The number of rotatable bonds is 4. The number of hydrogen-bond acceptors (Lipinski definition) is 4. The zero-order chi connectivity index (χ0) is 21.1. The molecule has 2 fully saturated rings. The summed E-state index contributed by atoms with van der Waals surface area (Å²) < 4.78 is 20.6. The van der Waals surface area contributed by atoms with Gasteiger partial charge in [-0.05, 0) is 48.9 Å². The van der Waals surface area contributed by atoms with Crippen molar-refractivity contribution in [3.63, 3.8) is 0 Å². The summed E-state index contributed by atoms with van der Waals surface area (Å²) in [5.41, 5.74) is -0.0451. The molecule has 4 rings (SSSR count). The van der Waals surface area contributed by atoms with E-state index in [1.807, 2.05) is 6.07 Å². The molecule has 3 atom stereocenters. The number of pyridine rings is 1. The number of halogens is 1. The van der Waals surface area contributed by atoms with Crippen LogP contribution in [0.5, 0.6) is 0 Å². The molecule has 0 radical (unpaired) electrons. The fourth-order valence-corrected chi connectivity index (χ4v) is 4.58. The predicted octanol–water partition coefficient (Wildman–Crippen LogP) is 3.28. The number of benzene rings is 1. The monoisotopic (exact) mass is 411 g/mol. The second-order valence-corrected chi connectivity index (χ2v) is 8.21. The van der Waals surface area contributed by atoms with Gasteiger partial charge in [0.15, 0.2) is 0 Å². The van der Waals surface area contributed by atoms with Gasteiger partial charge in [-0.15, -0.1) is 0 Å². The highest BCUT2D eigenvalue weighted by Gasteiger charge is 2.54. The van der Waals surface area contributed by atoms with Crippen molar-refractivity contribution in [2.24, 2.45) is 5.92 Å². The molecule has 2 heterocycles. The summed E-state index contributed by atoms with van der Waals surface area (Å²) in [7, 11) is 0. The molecular formula is C23H26FN3O3. The number of hydrogen-bond donors (Lipinski definition) is 1. The minimum absolute atomic E-state index is 0.0364. The van der Waals surface area contributed by atoms with Gasteiger partial charge in [-0.3, -0.25) is 19.5 Å². The van der Waals surface area contributed by atoms with Crippen molar-refractivity contribution in [3.8, 4) is 0 Å². The van der Waals surface area contributed by atoms with E-state index >= 15 is 0 Å². The smallest absolute Gasteiger partial charge is 0.259 e. The van der Waals surface area contributed by atoms with Crippen molar-refractivity contribution in [1.29, 1.82) is 0 Å². The third-order valence-corrected chi connectivity index (χ3v) is 6.01. The van der Waals surface area contributed by atoms with E-state index in [-0.39, 0.29) is 18.1 Å². The summed E-state index contributed by atoms with van der Waals surface area (Å²) in [6.45, 7) is 2.52. The Balaban J connectivity index is 1.61. The first-order chi connectivity index (χ1) is 14.5. The minimum Gasteiger partial charge on any atom is -0.353 e. The van der Waals surface area contributed by atoms with Gasteiger partial charge in [0.05, 0.1) is 12.2 Å². The largest absolute Gasteiger partial charge is 0.353 e. The van der Waals surface area contributed by atoms with E-state index < -0.39 is 23.5 Å². The highest BCUT2D eigenvalue weighted by molar-refractivity contribution is 5.98. The second kappa shape index (κ2) is 8.52. The van der Waals surface area contributed by atoms with E-state index in [2.05, 4.69) is 17.2 Å². The van der Waals surface area contributed by atoms with Crippen molar-refractivity contribution in [2.75, 3.05) is 6.61 Å².